The molecule has 0 fully saturated rings. The minimum atomic E-state index is -0.332. The first-order valence-electron chi connectivity index (χ1n) is 23.3. The molecule has 67 heavy (non-hydrogen) atoms. The normalized spacial score (nSPS) is 12.9. The first kappa shape index (κ1) is 37.7. The van der Waals surface area contributed by atoms with Gasteiger partial charge in [-0.2, -0.15) is 0 Å². The average Bonchev–Trinajstić information content (AvgIpc) is 3.88. The van der Waals surface area contributed by atoms with Gasteiger partial charge in [-0.15, -0.1) is 0 Å². The summed E-state index contributed by atoms with van der Waals surface area (Å²) in [4.78, 5) is 4.83. The molecule has 0 aliphatic heterocycles. The van der Waals surface area contributed by atoms with Crippen LogP contribution in [0.3, 0.4) is 0 Å². The second kappa shape index (κ2) is 14.7. The molecule has 1 aromatic heterocycles. The zero-order chi connectivity index (χ0) is 44.1. The van der Waals surface area contributed by atoms with E-state index in [-0.39, 0.29) is 5.41 Å². The Balaban J connectivity index is 0.796. The fourth-order valence-electron chi connectivity index (χ4n) is 11.7. The van der Waals surface area contributed by atoms with Gasteiger partial charge in [-0.1, -0.05) is 200 Å². The third-order valence-electron chi connectivity index (χ3n) is 14.7. The van der Waals surface area contributed by atoms with E-state index in [0.29, 0.717) is 0 Å². The number of rotatable bonds is 5. The molecule has 0 saturated carbocycles. The molecule has 2 aliphatic carbocycles. The van der Waals surface area contributed by atoms with Crippen LogP contribution in [0.5, 0.6) is 0 Å². The zero-order valence-corrected chi connectivity index (χ0v) is 36.6. The molecule has 0 amide bonds. The van der Waals surface area contributed by atoms with Gasteiger partial charge < -0.3 is 0 Å². The molecule has 1 heterocycles. The van der Waals surface area contributed by atoms with Crippen molar-refractivity contribution in [3.63, 3.8) is 0 Å². The number of fused-ring (bicyclic) bond motifs is 16. The Labute approximate surface area is 390 Å². The summed E-state index contributed by atoms with van der Waals surface area (Å²) in [7, 11) is 0. The lowest BCUT2D eigenvalue weighted by Crippen LogP contribution is -2.25. The lowest BCUT2D eigenvalue weighted by molar-refractivity contribution is 0.794. The maximum Gasteiger partial charge on any atom is 0.0786 e. The van der Waals surface area contributed by atoms with Crippen molar-refractivity contribution < 1.29 is 0 Å². The monoisotopic (exact) mass is 847 g/mol. The van der Waals surface area contributed by atoms with E-state index in [4.69, 9.17) is 4.98 Å². The average molecular weight is 848 g/mol. The largest absolute Gasteiger partial charge is 0.256 e. The van der Waals surface area contributed by atoms with E-state index in [9.17, 15) is 0 Å². The molecule has 14 rings (SSSR count). The summed E-state index contributed by atoms with van der Waals surface area (Å²) in [5.74, 6) is 0. The summed E-state index contributed by atoms with van der Waals surface area (Å²) in [5.41, 5.74) is 23.5. The van der Waals surface area contributed by atoms with Crippen LogP contribution in [-0.4, -0.2) is 4.98 Å². The van der Waals surface area contributed by atoms with E-state index in [1.54, 1.807) is 0 Å². The second-order valence-corrected chi connectivity index (χ2v) is 18.2. The number of hydrogen-bond acceptors (Lipinski definition) is 1. The van der Waals surface area contributed by atoms with Crippen molar-refractivity contribution in [3.05, 3.63) is 271 Å². The molecule has 11 aromatic carbocycles. The van der Waals surface area contributed by atoms with Gasteiger partial charge in [0.25, 0.3) is 0 Å². The quantitative estimate of drug-likeness (QED) is 0.157. The van der Waals surface area contributed by atoms with Crippen LogP contribution in [0.4, 0.5) is 0 Å². The number of pyridine rings is 1. The minimum Gasteiger partial charge on any atom is -0.256 e. The highest BCUT2D eigenvalue weighted by Gasteiger charge is 2.51. The van der Waals surface area contributed by atoms with Crippen molar-refractivity contribution in [3.8, 4) is 77.9 Å². The summed E-state index contributed by atoms with van der Waals surface area (Å²) in [6.45, 7) is 0. The Kier molecular flexibility index (Phi) is 8.26. The molecule has 0 atom stereocenters. The smallest absolute Gasteiger partial charge is 0.0786 e. The van der Waals surface area contributed by atoms with Crippen LogP contribution >= 0.6 is 0 Å². The highest BCUT2D eigenvalue weighted by Crippen LogP contribution is 2.63. The Morgan fingerprint density at radius 2 is 0.582 bits per heavy atom. The van der Waals surface area contributed by atoms with Crippen molar-refractivity contribution in [2.75, 3.05) is 0 Å². The van der Waals surface area contributed by atoms with Crippen LogP contribution in [0.25, 0.3) is 110 Å². The van der Waals surface area contributed by atoms with Gasteiger partial charge in [0.15, 0.2) is 0 Å². The van der Waals surface area contributed by atoms with E-state index in [0.717, 1.165) is 5.52 Å². The molecule has 12 aromatic rings. The van der Waals surface area contributed by atoms with Gasteiger partial charge in [0, 0.05) is 17.0 Å². The van der Waals surface area contributed by atoms with Crippen molar-refractivity contribution in [2.24, 2.45) is 0 Å². The lowest BCUT2D eigenvalue weighted by Gasteiger charge is -2.30. The minimum absolute atomic E-state index is 0.332. The summed E-state index contributed by atoms with van der Waals surface area (Å²) in [5, 5.41) is 6.09. The Morgan fingerprint density at radius 3 is 1.09 bits per heavy atom. The summed E-state index contributed by atoms with van der Waals surface area (Å²) in [6.07, 6.45) is 1.90. The third kappa shape index (κ3) is 5.65. The molecule has 0 unspecified atom stereocenters. The predicted molar refractivity (Wildman–Crippen MR) is 280 cm³/mol. The number of nitrogens with zero attached hydrogens (tertiary/aromatic N) is 1. The van der Waals surface area contributed by atoms with Crippen LogP contribution < -0.4 is 0 Å². The summed E-state index contributed by atoms with van der Waals surface area (Å²) < 4.78 is 0. The zero-order valence-electron chi connectivity index (χ0n) is 36.6. The molecule has 2 aliphatic rings. The molecule has 0 radical (unpaired) electrons. The molecule has 1 spiro atoms. The van der Waals surface area contributed by atoms with Gasteiger partial charge in [0.05, 0.1) is 10.9 Å². The van der Waals surface area contributed by atoms with Crippen molar-refractivity contribution in [1.82, 2.24) is 4.98 Å². The lowest BCUT2D eigenvalue weighted by atomic mass is 9.70. The maximum absolute atomic E-state index is 4.83. The van der Waals surface area contributed by atoms with Crippen LogP contribution in [0, 0.1) is 0 Å². The second-order valence-electron chi connectivity index (χ2n) is 18.2. The fraction of sp³-hybridized carbons (Fsp3) is 0.0152. The molecule has 1 nitrogen and oxygen atoms in total. The SMILES string of the molecule is c1cc(-c2cccc(-c3cccc(-c4ccc5c(c4)c4ccccc4c4cccnc45)c3)c2)cc(-c2cccc(-c3ccc4c(c3)-c3ccccc3C43c4ccccc4-c4ccccc43)c2)c1. The van der Waals surface area contributed by atoms with Gasteiger partial charge in [0.2, 0.25) is 0 Å². The van der Waals surface area contributed by atoms with Gasteiger partial charge >= 0.3 is 0 Å². The number of aromatic nitrogens is 1. The third-order valence-corrected chi connectivity index (χ3v) is 14.7. The highest BCUT2D eigenvalue weighted by atomic mass is 14.6. The van der Waals surface area contributed by atoms with Crippen molar-refractivity contribution in [2.45, 2.75) is 5.41 Å². The molecule has 0 saturated heterocycles. The molecule has 310 valence electrons. The molecule has 0 N–H and O–H groups in total. The first-order chi connectivity index (χ1) is 33.2. The molecule has 1 heteroatoms. The summed E-state index contributed by atoms with van der Waals surface area (Å²) in [6, 6.07) is 90.0. The van der Waals surface area contributed by atoms with Crippen LogP contribution in [0.2, 0.25) is 0 Å². The number of benzene rings is 11. The predicted octanol–water partition coefficient (Wildman–Crippen LogP) is 17.2. The van der Waals surface area contributed by atoms with Gasteiger partial charge in [0.1, 0.15) is 0 Å². The standard InChI is InChI=1S/C66H41N/c1-2-23-53-52(22-1)57-27-13-35-67-65(57)58-33-31-50(40-59(53)58)48-20-11-18-46(38-48)44-16-9-14-42(36-44)43-15-10-17-45(37-43)47-19-12-21-49(39-47)51-32-34-64-60(41-51)56-26-5-8-30-63(56)66(64)61-28-6-3-24-54(61)55-25-4-7-29-62(55)66/h1-41H. The van der Waals surface area contributed by atoms with E-state index in [1.807, 2.05) is 12.3 Å². The van der Waals surface area contributed by atoms with E-state index in [2.05, 4.69) is 237 Å². The maximum atomic E-state index is 4.83. The fourth-order valence-corrected chi connectivity index (χ4v) is 11.7. The first-order valence-corrected chi connectivity index (χ1v) is 23.3. The van der Waals surface area contributed by atoms with Crippen LogP contribution in [-0.2, 0) is 5.41 Å². The summed E-state index contributed by atoms with van der Waals surface area (Å²) >= 11 is 0. The molecular weight excluding hydrogens is 807 g/mol. The van der Waals surface area contributed by atoms with Gasteiger partial charge in [-0.3, -0.25) is 4.98 Å². The Morgan fingerprint density at radius 1 is 0.224 bits per heavy atom. The van der Waals surface area contributed by atoms with Gasteiger partial charge in [-0.25, -0.2) is 0 Å². The molecule has 0 bridgehead atoms. The Hall–Kier alpha value is -8.65. The van der Waals surface area contributed by atoms with Crippen LogP contribution in [0.15, 0.2) is 249 Å². The molecular formula is C66H41N. The topological polar surface area (TPSA) is 12.9 Å². The van der Waals surface area contributed by atoms with E-state index >= 15 is 0 Å². The van der Waals surface area contributed by atoms with Crippen LogP contribution in [0.1, 0.15) is 22.3 Å². The number of hydrogen-bond donors (Lipinski definition) is 0. The van der Waals surface area contributed by atoms with Crippen molar-refractivity contribution >= 4 is 32.4 Å². The highest BCUT2D eigenvalue weighted by molar-refractivity contribution is 6.24. The van der Waals surface area contributed by atoms with E-state index < -0.39 is 0 Å². The van der Waals surface area contributed by atoms with E-state index in [1.165, 1.54) is 127 Å². The van der Waals surface area contributed by atoms with Crippen molar-refractivity contribution in [1.29, 1.82) is 0 Å². The Bertz CT molecular complexity index is 3920. The van der Waals surface area contributed by atoms with Gasteiger partial charge in [-0.05, 0) is 159 Å².